The summed E-state index contributed by atoms with van der Waals surface area (Å²) in [5.41, 5.74) is 7.50. The number of piperidine rings is 1. The van der Waals surface area contributed by atoms with E-state index in [9.17, 15) is 46.3 Å². The smallest absolute Gasteiger partial charge is 0.416 e. The number of hydrogen-bond donors (Lipinski definition) is 1. The summed E-state index contributed by atoms with van der Waals surface area (Å²) < 4.78 is 72.2. The zero-order chi connectivity index (χ0) is 59.0. The number of nitrogens with zero attached hydrogens (tertiary/aromatic N) is 2. The second-order valence-electron chi connectivity index (χ2n) is 26.3. The molecular weight excluding hydrogens is 1040 g/mol. The normalized spacial score (nSPS) is 28.1. The van der Waals surface area contributed by atoms with Crippen molar-refractivity contribution in [3.63, 3.8) is 0 Å². The van der Waals surface area contributed by atoms with Crippen molar-refractivity contribution >= 4 is 35.3 Å². The first-order valence-electron chi connectivity index (χ1n) is 30.5. The van der Waals surface area contributed by atoms with Crippen molar-refractivity contribution in [2.24, 2.45) is 69.8 Å². The number of esters is 1. The van der Waals surface area contributed by atoms with Gasteiger partial charge in [-0.1, -0.05) is 71.6 Å². The summed E-state index contributed by atoms with van der Waals surface area (Å²) in [5, 5.41) is 0. The number of halogens is 4. The van der Waals surface area contributed by atoms with E-state index in [1.165, 1.54) is 86.8 Å². The third-order valence-corrected chi connectivity index (χ3v) is 20.3. The minimum Gasteiger partial charge on any atom is -0.462 e. The Bertz CT molecular complexity index is 2540. The highest BCUT2D eigenvalue weighted by atomic mass is 19.4. The van der Waals surface area contributed by atoms with Crippen molar-refractivity contribution in [3.05, 3.63) is 70.0 Å². The van der Waals surface area contributed by atoms with Crippen LogP contribution in [0.5, 0.6) is 0 Å². The van der Waals surface area contributed by atoms with Gasteiger partial charge in [0.05, 0.1) is 37.7 Å². The number of rotatable bonds is 26. The maximum Gasteiger partial charge on any atom is 0.416 e. The van der Waals surface area contributed by atoms with Gasteiger partial charge in [-0.2, -0.15) is 13.2 Å². The molecule has 2 aromatic carbocycles. The number of Topliss-reactive ketones (excluding diaryl/α,β-unsaturated/α-hetero) is 2. The van der Waals surface area contributed by atoms with E-state index in [4.69, 9.17) is 19.9 Å². The van der Waals surface area contributed by atoms with Gasteiger partial charge in [-0.05, 0) is 178 Å². The third kappa shape index (κ3) is 15.9. The molecule has 1 heterocycles. The fraction of sp³-hybridized carbons (Fsp3) is 0.723. The molecule has 5 aliphatic rings. The molecule has 4 aliphatic carbocycles. The van der Waals surface area contributed by atoms with Crippen molar-refractivity contribution < 1.29 is 60.5 Å². The molecule has 2 aromatic rings. The van der Waals surface area contributed by atoms with Crippen LogP contribution in [-0.2, 0) is 55.7 Å². The molecule has 0 bridgehead atoms. The van der Waals surface area contributed by atoms with E-state index in [0.717, 1.165) is 61.0 Å². The van der Waals surface area contributed by atoms with Crippen LogP contribution in [0.2, 0.25) is 0 Å². The summed E-state index contributed by atoms with van der Waals surface area (Å²) in [6.07, 6.45) is 9.67. The van der Waals surface area contributed by atoms with E-state index in [0.29, 0.717) is 39.5 Å². The number of carbonyl (C=O) groups excluding carboxylic acids is 6. The largest absolute Gasteiger partial charge is 0.462 e. The number of carbonyl (C=O) groups is 6. The minimum absolute atomic E-state index is 0.00996. The van der Waals surface area contributed by atoms with E-state index in [-0.39, 0.29) is 108 Å². The number of likely N-dealkylation sites (tertiary alicyclic amines) is 1. The maximum absolute atomic E-state index is 14.2. The standard InChI is InChI=1S/C65H93F4N3O9/c1-40(2)11-9-12-42(4)55-18-19-56-53-16-14-46-37-50(20-24-63(46,6)57(53)21-25-64(55,56)7)81-59(75)36-45(60(70)76)35-49(73)23-28-80-30-29-79-27-10-13-58(74)62(78)72-26-22-52(54(39-72)51-17-15-48(66)33-43(51)5)61(77)71(8)38-44-31-41(3)32-47(34-44)65(67,68)69/h15,17,31-34,40,42,45-46,50,52-57H,9-14,16,18-30,35-39H2,1-8H3,(H2,70,76)/t42-,45+,46+,50+,52+,53+,54-,55-,56+,57+,63+,64-/m1/s1. The highest BCUT2D eigenvalue weighted by Gasteiger charge is 2.61. The zero-order valence-electron chi connectivity index (χ0n) is 49.7. The minimum atomic E-state index is -4.55. The molecule has 0 unspecified atom stereocenters. The van der Waals surface area contributed by atoms with Crippen LogP contribution in [0, 0.1) is 83.8 Å². The Balaban J connectivity index is 0.776. The summed E-state index contributed by atoms with van der Waals surface area (Å²) in [6, 6.07) is 7.84. The second kappa shape index (κ2) is 27.8. The number of amides is 3. The fourth-order valence-corrected chi connectivity index (χ4v) is 16.1. The van der Waals surface area contributed by atoms with Crippen molar-refractivity contribution in [2.45, 2.75) is 189 Å². The van der Waals surface area contributed by atoms with Crippen LogP contribution in [-0.4, -0.2) is 97.7 Å². The lowest BCUT2D eigenvalue weighted by Gasteiger charge is -2.61. The number of ether oxygens (including phenoxy) is 3. The summed E-state index contributed by atoms with van der Waals surface area (Å²) in [4.78, 5) is 82.2. The highest BCUT2D eigenvalue weighted by molar-refractivity contribution is 6.36. The number of hydrogen-bond acceptors (Lipinski definition) is 9. The predicted molar refractivity (Wildman–Crippen MR) is 302 cm³/mol. The Hall–Kier alpha value is -4.70. The van der Waals surface area contributed by atoms with E-state index in [2.05, 4.69) is 34.6 Å². The van der Waals surface area contributed by atoms with E-state index in [1.807, 2.05) is 0 Å². The lowest BCUT2D eigenvalue weighted by molar-refractivity contribution is -0.164. The lowest BCUT2D eigenvalue weighted by atomic mass is 9.44. The van der Waals surface area contributed by atoms with E-state index >= 15 is 0 Å². The Morgan fingerprint density at radius 1 is 0.802 bits per heavy atom. The van der Waals surface area contributed by atoms with Crippen LogP contribution < -0.4 is 5.73 Å². The summed E-state index contributed by atoms with van der Waals surface area (Å²) in [5.74, 6) is -0.715. The molecule has 1 saturated heterocycles. The van der Waals surface area contributed by atoms with Crippen LogP contribution in [0.3, 0.4) is 0 Å². The van der Waals surface area contributed by atoms with Gasteiger partial charge >= 0.3 is 12.1 Å². The summed E-state index contributed by atoms with van der Waals surface area (Å²) in [6.45, 7) is 16.2. The van der Waals surface area contributed by atoms with Gasteiger partial charge in [-0.15, -0.1) is 0 Å². The van der Waals surface area contributed by atoms with Gasteiger partial charge in [0, 0.05) is 64.4 Å². The average molecular weight is 1140 g/mol. The van der Waals surface area contributed by atoms with Crippen molar-refractivity contribution in [1.29, 1.82) is 0 Å². The van der Waals surface area contributed by atoms with Gasteiger partial charge in [0.15, 0.2) is 0 Å². The molecule has 2 N–H and O–H groups in total. The Labute approximate surface area is 479 Å². The number of alkyl halides is 3. The number of primary amides is 1. The van der Waals surface area contributed by atoms with E-state index in [1.54, 1.807) is 26.0 Å². The monoisotopic (exact) mass is 1140 g/mol. The molecule has 7 rings (SSSR count). The molecule has 1 aliphatic heterocycles. The predicted octanol–water partition coefficient (Wildman–Crippen LogP) is 12.3. The Morgan fingerprint density at radius 2 is 1.52 bits per heavy atom. The first kappa shape index (κ1) is 63.9. The van der Waals surface area contributed by atoms with Gasteiger partial charge in [-0.3, -0.25) is 28.8 Å². The molecule has 450 valence electrons. The molecule has 0 spiro atoms. The first-order chi connectivity index (χ1) is 38.3. The number of fused-ring (bicyclic) bond motifs is 5. The quantitative estimate of drug-likeness (QED) is 0.0418. The van der Waals surface area contributed by atoms with Crippen molar-refractivity contribution in [2.75, 3.05) is 46.6 Å². The first-order valence-corrected chi connectivity index (χ1v) is 30.5. The van der Waals surface area contributed by atoms with Gasteiger partial charge in [0.1, 0.15) is 17.7 Å². The van der Waals surface area contributed by atoms with Gasteiger partial charge in [0.2, 0.25) is 17.6 Å². The fourth-order valence-electron chi connectivity index (χ4n) is 16.1. The number of nitrogens with two attached hydrogens (primary N) is 1. The average Bonchev–Trinajstić information content (AvgIpc) is 4.01. The SMILES string of the molecule is Cc1cc(CN(C)C(=O)[C@H]2CCN(C(=O)C(=O)CCCOCCOCCC(=O)C[C@@H](CC(=O)O[C@H]3CC[C@@]4(C)[C@@H](CC[C@@H]5[C@@H]4CC[C@]4(C)[C@@H]([C@H](C)CCCC(C)C)CC[C@@H]54)C3)C(N)=O)C[C@@H]2c2ccc(F)cc2C)cc(C(F)(F)F)c1. The molecule has 16 heteroatoms. The second-order valence-corrected chi connectivity index (χ2v) is 26.3. The molecule has 81 heavy (non-hydrogen) atoms. The summed E-state index contributed by atoms with van der Waals surface area (Å²) >= 11 is 0. The lowest BCUT2D eigenvalue weighted by Crippen LogP contribution is -2.54. The molecule has 5 fully saturated rings. The number of benzene rings is 2. The van der Waals surface area contributed by atoms with Gasteiger partial charge in [-0.25, -0.2) is 4.39 Å². The third-order valence-electron chi connectivity index (χ3n) is 20.3. The number of ketones is 2. The van der Waals surface area contributed by atoms with Gasteiger partial charge < -0.3 is 29.7 Å². The maximum atomic E-state index is 14.2. The van der Waals surface area contributed by atoms with Gasteiger partial charge in [0.25, 0.3) is 5.91 Å². The molecule has 3 amide bonds. The highest BCUT2D eigenvalue weighted by Crippen LogP contribution is 2.68. The van der Waals surface area contributed by atoms with Crippen LogP contribution in [0.1, 0.15) is 184 Å². The van der Waals surface area contributed by atoms with Crippen molar-refractivity contribution in [3.8, 4) is 0 Å². The van der Waals surface area contributed by atoms with E-state index < -0.39 is 58.9 Å². The van der Waals surface area contributed by atoms with Crippen LogP contribution in [0.15, 0.2) is 36.4 Å². The van der Waals surface area contributed by atoms with Crippen molar-refractivity contribution in [1.82, 2.24) is 9.80 Å². The van der Waals surface area contributed by atoms with Crippen LogP contribution in [0.4, 0.5) is 17.6 Å². The van der Waals surface area contributed by atoms with Crippen LogP contribution in [0.25, 0.3) is 0 Å². The summed E-state index contributed by atoms with van der Waals surface area (Å²) in [7, 11) is 1.52. The zero-order valence-corrected chi connectivity index (χ0v) is 49.7. The molecular formula is C65H93F4N3O9. The molecule has 12 atom stereocenters. The molecule has 0 radical (unpaired) electrons. The molecule has 4 saturated carbocycles. The number of aryl methyl sites for hydroxylation is 2. The topological polar surface area (TPSA) is 163 Å². The Morgan fingerprint density at radius 3 is 2.22 bits per heavy atom. The van der Waals surface area contributed by atoms with Crippen LogP contribution >= 0.6 is 0 Å². The molecule has 0 aromatic heterocycles. The molecule has 12 nitrogen and oxygen atoms in total. The Kier molecular flexibility index (Phi) is 21.9.